The van der Waals surface area contributed by atoms with Gasteiger partial charge in [0.1, 0.15) is 17.2 Å². The van der Waals surface area contributed by atoms with Gasteiger partial charge >= 0.3 is 6.18 Å². The molecule has 3 aromatic rings. The highest BCUT2D eigenvalue weighted by atomic mass is 32.2. The molecule has 0 radical (unpaired) electrons. The second kappa shape index (κ2) is 8.89. The van der Waals surface area contributed by atoms with Crippen molar-refractivity contribution in [2.45, 2.75) is 71.0 Å². The predicted octanol–water partition coefficient (Wildman–Crippen LogP) is 6.44. The van der Waals surface area contributed by atoms with Crippen molar-refractivity contribution < 1.29 is 26.0 Å². The minimum Gasteiger partial charge on any atom is -0.332 e. The molecule has 1 aliphatic carbocycles. The number of nitrogens with zero attached hydrogens (tertiary/aromatic N) is 2. The highest BCUT2D eigenvalue weighted by molar-refractivity contribution is 7.90. The van der Waals surface area contributed by atoms with E-state index < -0.39 is 44.6 Å². The van der Waals surface area contributed by atoms with Gasteiger partial charge in [0.25, 0.3) is 0 Å². The first-order chi connectivity index (χ1) is 16.2. The van der Waals surface area contributed by atoms with Crippen molar-refractivity contribution in [2.75, 3.05) is 0 Å². The van der Waals surface area contributed by atoms with Crippen LogP contribution in [0.5, 0.6) is 0 Å². The van der Waals surface area contributed by atoms with Crippen LogP contribution in [0.25, 0.3) is 22.3 Å². The number of fused-ring (bicyclic) bond motifs is 1. The maximum Gasteiger partial charge on any atom is 0.417 e. The molecule has 5 nitrogen and oxygen atoms in total. The molecule has 35 heavy (non-hydrogen) atoms. The molecular formula is C25H29F4N3O2S. The molecule has 10 heteroatoms. The van der Waals surface area contributed by atoms with Gasteiger partial charge in [-0.3, -0.25) is 0 Å². The zero-order chi connectivity index (χ0) is 25.8. The fourth-order valence-corrected chi connectivity index (χ4v) is 6.16. The molecule has 1 atom stereocenters. The first-order valence-corrected chi connectivity index (χ1v) is 13.1. The Morgan fingerprint density at radius 3 is 2.40 bits per heavy atom. The maximum absolute atomic E-state index is 15.3. The summed E-state index contributed by atoms with van der Waals surface area (Å²) in [7, 11) is -3.55. The summed E-state index contributed by atoms with van der Waals surface area (Å²) in [5.74, 6) is -0.905. The highest BCUT2D eigenvalue weighted by Gasteiger charge is 2.35. The number of benzene rings is 1. The van der Waals surface area contributed by atoms with Gasteiger partial charge in [-0.1, -0.05) is 45.4 Å². The van der Waals surface area contributed by atoms with Gasteiger partial charge in [-0.2, -0.15) is 13.2 Å². The Morgan fingerprint density at radius 2 is 1.83 bits per heavy atom. The lowest BCUT2D eigenvalue weighted by molar-refractivity contribution is -0.137. The van der Waals surface area contributed by atoms with E-state index >= 15 is 4.39 Å². The van der Waals surface area contributed by atoms with Crippen molar-refractivity contribution in [3.63, 3.8) is 0 Å². The van der Waals surface area contributed by atoms with Crippen LogP contribution in [0, 0.1) is 11.2 Å². The lowest BCUT2D eigenvalue weighted by atomic mass is 9.97. The van der Waals surface area contributed by atoms with Crippen molar-refractivity contribution in [1.82, 2.24) is 14.3 Å². The molecular weight excluding hydrogens is 482 g/mol. The highest BCUT2D eigenvalue weighted by Crippen LogP contribution is 2.39. The standard InChI is InChI=1S/C25H29F4N3O2S/c1-15(31-35(33,34)16-8-7-9-16)19-13-32(14-24(2,3)4)23-18(19)12-21(26)22(30-23)17-10-5-6-11-20(17)25(27,28)29/h5-6,10-13,15-16,31H,7-9,14H2,1-4H3/t15-/m1/s1. The van der Waals surface area contributed by atoms with Crippen LogP contribution in [0.1, 0.15) is 64.1 Å². The molecule has 0 spiro atoms. The van der Waals surface area contributed by atoms with Gasteiger partial charge in [0, 0.05) is 29.7 Å². The fourth-order valence-electron chi connectivity index (χ4n) is 4.40. The minimum absolute atomic E-state index is 0.224. The average molecular weight is 512 g/mol. The number of rotatable bonds is 6. The third-order valence-corrected chi connectivity index (χ3v) is 8.30. The van der Waals surface area contributed by atoms with Crippen LogP contribution in [0.3, 0.4) is 0 Å². The first-order valence-electron chi connectivity index (χ1n) is 11.5. The van der Waals surface area contributed by atoms with E-state index in [0.717, 1.165) is 18.6 Å². The number of halogens is 4. The zero-order valence-electron chi connectivity index (χ0n) is 20.1. The molecule has 0 unspecified atom stereocenters. The summed E-state index contributed by atoms with van der Waals surface area (Å²) in [4.78, 5) is 4.38. The number of alkyl halides is 3. The van der Waals surface area contributed by atoms with E-state index in [2.05, 4.69) is 9.71 Å². The molecule has 2 aromatic heterocycles. The van der Waals surface area contributed by atoms with Gasteiger partial charge in [0.15, 0.2) is 0 Å². The molecule has 1 aliphatic rings. The summed E-state index contributed by atoms with van der Waals surface area (Å²) in [6.07, 6.45) is -0.886. The summed E-state index contributed by atoms with van der Waals surface area (Å²) < 4.78 is 86.0. The number of hydrogen-bond donors (Lipinski definition) is 1. The monoisotopic (exact) mass is 511 g/mol. The van der Waals surface area contributed by atoms with E-state index in [9.17, 15) is 21.6 Å². The molecule has 1 fully saturated rings. The SMILES string of the molecule is C[C@@H](NS(=O)(=O)C1CCC1)c1cn(CC(C)(C)C)c2nc(-c3ccccc3C(F)(F)F)c(F)cc12. The molecule has 0 amide bonds. The summed E-state index contributed by atoms with van der Waals surface area (Å²) in [5, 5.41) is -0.0722. The molecule has 0 saturated heterocycles. The summed E-state index contributed by atoms with van der Waals surface area (Å²) in [6.45, 7) is 8.10. The molecule has 4 rings (SSSR count). The van der Waals surface area contributed by atoms with Crippen LogP contribution < -0.4 is 4.72 Å². The third kappa shape index (κ3) is 5.23. The largest absolute Gasteiger partial charge is 0.417 e. The van der Waals surface area contributed by atoms with E-state index in [0.29, 0.717) is 36.0 Å². The number of nitrogens with one attached hydrogen (secondary N) is 1. The quantitative estimate of drug-likeness (QED) is 0.388. The van der Waals surface area contributed by atoms with Crippen molar-refractivity contribution in [3.8, 4) is 11.3 Å². The Hall–Kier alpha value is -2.46. The van der Waals surface area contributed by atoms with Gasteiger partial charge in [-0.05, 0) is 42.9 Å². The molecule has 2 heterocycles. The van der Waals surface area contributed by atoms with E-state index in [1.807, 2.05) is 20.8 Å². The summed E-state index contributed by atoms with van der Waals surface area (Å²) in [5.41, 5.74) is -1.11. The van der Waals surface area contributed by atoms with Crippen LogP contribution >= 0.6 is 0 Å². The maximum atomic E-state index is 15.3. The second-order valence-electron chi connectivity index (χ2n) is 10.4. The predicted molar refractivity (Wildman–Crippen MR) is 128 cm³/mol. The molecule has 1 saturated carbocycles. The van der Waals surface area contributed by atoms with Gasteiger partial charge < -0.3 is 4.57 Å². The van der Waals surface area contributed by atoms with Crippen LogP contribution in [0.4, 0.5) is 17.6 Å². The Balaban J connectivity index is 1.87. The number of hydrogen-bond acceptors (Lipinski definition) is 3. The Morgan fingerprint density at radius 1 is 1.17 bits per heavy atom. The number of aromatic nitrogens is 2. The van der Waals surface area contributed by atoms with Gasteiger partial charge in [-0.15, -0.1) is 0 Å². The molecule has 1 aromatic carbocycles. The topological polar surface area (TPSA) is 64.0 Å². The molecule has 0 aliphatic heterocycles. The average Bonchev–Trinajstić information content (AvgIpc) is 3.00. The Labute approximate surface area is 202 Å². The third-order valence-electron chi connectivity index (χ3n) is 6.26. The number of pyridine rings is 1. The summed E-state index contributed by atoms with van der Waals surface area (Å²) in [6, 6.07) is 5.25. The van der Waals surface area contributed by atoms with Gasteiger partial charge in [-0.25, -0.2) is 22.5 Å². The van der Waals surface area contributed by atoms with Crippen molar-refractivity contribution >= 4 is 21.1 Å². The second-order valence-corrected chi connectivity index (χ2v) is 12.4. The van der Waals surface area contributed by atoms with Gasteiger partial charge in [0.2, 0.25) is 10.0 Å². The lowest BCUT2D eigenvalue weighted by Gasteiger charge is -2.27. The van der Waals surface area contributed by atoms with Crippen molar-refractivity contribution in [2.24, 2.45) is 5.41 Å². The first kappa shape index (κ1) is 25.6. The summed E-state index contributed by atoms with van der Waals surface area (Å²) >= 11 is 0. The lowest BCUT2D eigenvalue weighted by Crippen LogP contribution is -2.39. The van der Waals surface area contributed by atoms with Crippen LogP contribution in [-0.2, 0) is 22.7 Å². The molecule has 1 N–H and O–H groups in total. The minimum atomic E-state index is -4.67. The van der Waals surface area contributed by atoms with E-state index in [-0.39, 0.29) is 11.0 Å². The van der Waals surface area contributed by atoms with E-state index in [1.165, 1.54) is 18.2 Å². The Bertz CT molecular complexity index is 1350. The van der Waals surface area contributed by atoms with Crippen LogP contribution in [0.2, 0.25) is 0 Å². The van der Waals surface area contributed by atoms with E-state index in [1.54, 1.807) is 17.7 Å². The fraction of sp³-hybridized carbons (Fsp3) is 0.480. The number of sulfonamides is 1. The smallest absolute Gasteiger partial charge is 0.332 e. The van der Waals surface area contributed by atoms with E-state index in [4.69, 9.17) is 0 Å². The zero-order valence-corrected chi connectivity index (χ0v) is 20.9. The normalized spacial score (nSPS) is 16.5. The van der Waals surface area contributed by atoms with Crippen molar-refractivity contribution in [3.05, 3.63) is 53.5 Å². The van der Waals surface area contributed by atoms with Gasteiger partial charge in [0.05, 0.1) is 10.8 Å². The molecule has 0 bridgehead atoms. The Kier molecular flexibility index (Phi) is 6.51. The molecule has 190 valence electrons. The van der Waals surface area contributed by atoms with Crippen LogP contribution in [0.15, 0.2) is 36.5 Å². The van der Waals surface area contributed by atoms with Crippen LogP contribution in [-0.4, -0.2) is 23.2 Å². The van der Waals surface area contributed by atoms with Crippen molar-refractivity contribution in [1.29, 1.82) is 0 Å².